The molecule has 3 rings (SSSR count). The number of benzene rings is 1. The molecule has 0 radical (unpaired) electrons. The number of rotatable bonds is 6. The maximum Gasteiger partial charge on any atom is 0.174 e. The van der Waals surface area contributed by atoms with Gasteiger partial charge in [0.2, 0.25) is 0 Å². The Balaban J connectivity index is 1.50. The van der Waals surface area contributed by atoms with Crippen LogP contribution in [0.15, 0.2) is 34.9 Å². The number of nitrogens with one attached hydrogen (secondary N) is 1. The molecule has 1 aromatic heterocycles. The van der Waals surface area contributed by atoms with E-state index in [2.05, 4.69) is 10.5 Å². The van der Waals surface area contributed by atoms with Crippen LogP contribution in [-0.2, 0) is 13.2 Å². The SMILES string of the molecule is Clc1ccc(OCc2cc(CNC3CC3)no2)cc1. The van der Waals surface area contributed by atoms with Crippen molar-refractivity contribution >= 4 is 11.6 Å². The lowest BCUT2D eigenvalue weighted by Gasteiger charge is -2.02. The summed E-state index contributed by atoms with van der Waals surface area (Å²) in [6.07, 6.45) is 2.54. The second-order valence-corrected chi connectivity index (χ2v) is 5.12. The maximum atomic E-state index is 5.81. The first-order valence-electron chi connectivity index (χ1n) is 6.36. The Bertz CT molecular complexity index is 535. The molecule has 100 valence electrons. The van der Waals surface area contributed by atoms with Crippen LogP contribution in [0.25, 0.3) is 0 Å². The van der Waals surface area contributed by atoms with E-state index in [1.165, 1.54) is 12.8 Å². The molecule has 1 fully saturated rings. The van der Waals surface area contributed by atoms with Crippen molar-refractivity contribution in [1.29, 1.82) is 0 Å². The van der Waals surface area contributed by atoms with Gasteiger partial charge in [0.1, 0.15) is 12.4 Å². The molecule has 19 heavy (non-hydrogen) atoms. The van der Waals surface area contributed by atoms with Crippen molar-refractivity contribution in [3.8, 4) is 5.75 Å². The topological polar surface area (TPSA) is 47.3 Å². The van der Waals surface area contributed by atoms with Gasteiger partial charge in [0, 0.05) is 23.7 Å². The third-order valence-corrected chi connectivity index (χ3v) is 3.20. The van der Waals surface area contributed by atoms with Gasteiger partial charge in [-0.1, -0.05) is 16.8 Å². The van der Waals surface area contributed by atoms with Crippen LogP contribution >= 0.6 is 11.6 Å². The quantitative estimate of drug-likeness (QED) is 0.882. The van der Waals surface area contributed by atoms with Gasteiger partial charge < -0.3 is 14.6 Å². The lowest BCUT2D eigenvalue weighted by Crippen LogP contribution is -2.15. The number of hydrogen-bond donors (Lipinski definition) is 1. The molecule has 1 saturated carbocycles. The fourth-order valence-corrected chi connectivity index (χ4v) is 1.85. The predicted molar refractivity (Wildman–Crippen MR) is 72.1 cm³/mol. The number of ether oxygens (including phenoxy) is 1. The summed E-state index contributed by atoms with van der Waals surface area (Å²) in [4.78, 5) is 0. The van der Waals surface area contributed by atoms with Crippen molar-refractivity contribution in [2.24, 2.45) is 0 Å². The average molecular weight is 279 g/mol. The van der Waals surface area contributed by atoms with Gasteiger partial charge in [0.15, 0.2) is 5.76 Å². The number of halogens is 1. The maximum absolute atomic E-state index is 5.81. The van der Waals surface area contributed by atoms with Crippen molar-refractivity contribution in [3.63, 3.8) is 0 Å². The van der Waals surface area contributed by atoms with Gasteiger partial charge in [0.05, 0.1) is 5.69 Å². The van der Waals surface area contributed by atoms with E-state index in [0.29, 0.717) is 17.7 Å². The Morgan fingerprint density at radius 1 is 1.32 bits per heavy atom. The van der Waals surface area contributed by atoms with Gasteiger partial charge in [-0.25, -0.2) is 0 Å². The smallest absolute Gasteiger partial charge is 0.174 e. The Labute approximate surface area is 116 Å². The molecule has 1 aliphatic carbocycles. The molecular weight excluding hydrogens is 264 g/mol. The molecule has 0 amide bonds. The molecule has 0 aliphatic heterocycles. The molecule has 4 nitrogen and oxygen atoms in total. The summed E-state index contributed by atoms with van der Waals surface area (Å²) in [5.41, 5.74) is 0.918. The molecule has 1 aliphatic rings. The first-order valence-corrected chi connectivity index (χ1v) is 6.73. The summed E-state index contributed by atoms with van der Waals surface area (Å²) in [6, 6.07) is 9.84. The summed E-state index contributed by atoms with van der Waals surface area (Å²) >= 11 is 5.81. The molecule has 1 aromatic carbocycles. The van der Waals surface area contributed by atoms with Crippen LogP contribution in [0.4, 0.5) is 0 Å². The first-order chi connectivity index (χ1) is 9.29. The van der Waals surface area contributed by atoms with Gasteiger partial charge in [-0.15, -0.1) is 0 Å². The predicted octanol–water partition coefficient (Wildman–Crippen LogP) is 3.16. The minimum absolute atomic E-state index is 0.373. The normalized spacial score (nSPS) is 14.6. The molecule has 0 spiro atoms. The highest BCUT2D eigenvalue weighted by Crippen LogP contribution is 2.20. The fraction of sp³-hybridized carbons (Fsp3) is 0.357. The molecule has 0 saturated heterocycles. The highest BCUT2D eigenvalue weighted by atomic mass is 35.5. The third kappa shape index (κ3) is 3.72. The Hall–Kier alpha value is -1.52. The second-order valence-electron chi connectivity index (χ2n) is 4.68. The summed E-state index contributed by atoms with van der Waals surface area (Å²) in [6.45, 7) is 1.13. The molecule has 0 atom stereocenters. The zero-order valence-corrected chi connectivity index (χ0v) is 11.2. The van der Waals surface area contributed by atoms with E-state index in [0.717, 1.165) is 23.7 Å². The van der Waals surface area contributed by atoms with Gasteiger partial charge in [-0.2, -0.15) is 0 Å². The average Bonchev–Trinajstić information content (AvgIpc) is 3.15. The summed E-state index contributed by atoms with van der Waals surface area (Å²) in [5, 5.41) is 8.09. The van der Waals surface area contributed by atoms with E-state index < -0.39 is 0 Å². The molecular formula is C14H15ClN2O2. The summed E-state index contributed by atoms with van der Waals surface area (Å²) in [5.74, 6) is 1.49. The van der Waals surface area contributed by atoms with Crippen LogP contribution in [0.5, 0.6) is 5.75 Å². The van der Waals surface area contributed by atoms with Crippen molar-refractivity contribution in [2.75, 3.05) is 0 Å². The minimum Gasteiger partial charge on any atom is -0.486 e. The van der Waals surface area contributed by atoms with E-state index in [1.807, 2.05) is 18.2 Å². The zero-order valence-electron chi connectivity index (χ0n) is 10.4. The third-order valence-electron chi connectivity index (χ3n) is 2.95. The molecule has 1 heterocycles. The van der Waals surface area contributed by atoms with E-state index in [4.69, 9.17) is 20.9 Å². The van der Waals surface area contributed by atoms with Crippen molar-refractivity contribution in [2.45, 2.75) is 32.0 Å². The molecule has 1 N–H and O–H groups in total. The van der Waals surface area contributed by atoms with Gasteiger partial charge in [0.25, 0.3) is 0 Å². The largest absolute Gasteiger partial charge is 0.486 e. The van der Waals surface area contributed by atoms with Crippen LogP contribution in [0.1, 0.15) is 24.3 Å². The van der Waals surface area contributed by atoms with E-state index in [9.17, 15) is 0 Å². The van der Waals surface area contributed by atoms with E-state index in [1.54, 1.807) is 12.1 Å². The van der Waals surface area contributed by atoms with Crippen LogP contribution in [0, 0.1) is 0 Å². The highest BCUT2D eigenvalue weighted by Gasteiger charge is 2.20. The van der Waals surface area contributed by atoms with Crippen molar-refractivity contribution in [3.05, 3.63) is 46.8 Å². The van der Waals surface area contributed by atoms with Gasteiger partial charge in [-0.05, 0) is 37.1 Å². The lowest BCUT2D eigenvalue weighted by molar-refractivity contribution is 0.248. The van der Waals surface area contributed by atoms with Crippen LogP contribution in [0.2, 0.25) is 5.02 Å². The number of nitrogens with zero attached hydrogens (tertiary/aromatic N) is 1. The standard InChI is InChI=1S/C14H15ClN2O2/c15-10-1-5-13(6-2-10)18-9-14-7-12(17-19-14)8-16-11-3-4-11/h1-2,5-7,11,16H,3-4,8-9H2. The van der Waals surface area contributed by atoms with E-state index in [-0.39, 0.29) is 0 Å². The summed E-state index contributed by atoms with van der Waals surface area (Å²) in [7, 11) is 0. The number of hydrogen-bond acceptors (Lipinski definition) is 4. The van der Waals surface area contributed by atoms with Gasteiger partial charge >= 0.3 is 0 Å². The van der Waals surface area contributed by atoms with Crippen LogP contribution < -0.4 is 10.1 Å². The van der Waals surface area contributed by atoms with Crippen LogP contribution in [0.3, 0.4) is 0 Å². The fourth-order valence-electron chi connectivity index (χ4n) is 1.73. The van der Waals surface area contributed by atoms with Crippen molar-refractivity contribution < 1.29 is 9.26 Å². The Morgan fingerprint density at radius 2 is 2.11 bits per heavy atom. The minimum atomic E-state index is 0.373. The highest BCUT2D eigenvalue weighted by molar-refractivity contribution is 6.30. The van der Waals surface area contributed by atoms with Gasteiger partial charge in [-0.3, -0.25) is 0 Å². The van der Waals surface area contributed by atoms with Crippen LogP contribution in [-0.4, -0.2) is 11.2 Å². The van der Waals surface area contributed by atoms with Crippen molar-refractivity contribution in [1.82, 2.24) is 10.5 Å². The Kier molecular flexibility index (Phi) is 3.71. The molecule has 5 heteroatoms. The van der Waals surface area contributed by atoms with E-state index >= 15 is 0 Å². The number of aromatic nitrogens is 1. The molecule has 2 aromatic rings. The monoisotopic (exact) mass is 278 g/mol. The molecule has 0 bridgehead atoms. The molecule has 0 unspecified atom stereocenters. The first kappa shape index (κ1) is 12.5. The second kappa shape index (κ2) is 5.63. The zero-order chi connectivity index (χ0) is 13.1. The summed E-state index contributed by atoms with van der Waals surface area (Å²) < 4.78 is 10.8. The lowest BCUT2D eigenvalue weighted by atomic mass is 10.3. The Morgan fingerprint density at radius 3 is 2.84 bits per heavy atom.